The Labute approximate surface area is 112 Å². The van der Waals surface area contributed by atoms with Crippen LogP contribution in [0.3, 0.4) is 0 Å². The molecule has 0 amide bonds. The van der Waals surface area contributed by atoms with Gasteiger partial charge in [0.1, 0.15) is 5.82 Å². The molecule has 0 aliphatic rings. The van der Waals surface area contributed by atoms with Crippen molar-refractivity contribution < 1.29 is 4.39 Å². The molecule has 0 aliphatic carbocycles. The highest BCUT2D eigenvalue weighted by molar-refractivity contribution is 6.17. The van der Waals surface area contributed by atoms with E-state index in [4.69, 9.17) is 11.6 Å². The van der Waals surface area contributed by atoms with Crippen LogP contribution in [0.15, 0.2) is 42.5 Å². The molecular weight excluding hydrogens is 247 g/mol. The molecule has 0 saturated carbocycles. The lowest BCUT2D eigenvalue weighted by molar-refractivity contribution is 0.631. The summed E-state index contributed by atoms with van der Waals surface area (Å²) in [4.78, 5) is 0. The van der Waals surface area contributed by atoms with Crippen LogP contribution in [0.25, 0.3) is 11.1 Å². The molecule has 0 fully saturated rings. The molecule has 18 heavy (non-hydrogen) atoms. The van der Waals surface area contributed by atoms with Gasteiger partial charge >= 0.3 is 0 Å². The maximum absolute atomic E-state index is 13.8. The molecule has 0 heterocycles. The summed E-state index contributed by atoms with van der Waals surface area (Å²) in [6, 6.07) is 13.0. The Hall–Kier alpha value is -1.34. The minimum absolute atomic E-state index is 0.207. The van der Waals surface area contributed by atoms with Crippen LogP contribution in [-0.2, 0) is 5.88 Å². The summed E-state index contributed by atoms with van der Waals surface area (Å²) in [6.45, 7) is 4.29. The van der Waals surface area contributed by atoms with Crippen LogP contribution in [0, 0.1) is 5.82 Å². The fourth-order valence-electron chi connectivity index (χ4n) is 1.92. The minimum Gasteiger partial charge on any atom is -0.206 e. The van der Waals surface area contributed by atoms with Gasteiger partial charge in [-0.3, -0.25) is 0 Å². The summed E-state index contributed by atoms with van der Waals surface area (Å²) in [6.07, 6.45) is 0. The van der Waals surface area contributed by atoms with Crippen molar-refractivity contribution in [1.82, 2.24) is 0 Å². The van der Waals surface area contributed by atoms with E-state index in [1.165, 1.54) is 11.6 Å². The molecule has 2 aromatic carbocycles. The standard InChI is InChI=1S/C16H16ClF/c1-11(2)13-4-6-14(7-5-13)15-9-12(10-17)3-8-16(15)18/h3-9,11H,10H2,1-2H3. The predicted molar refractivity (Wildman–Crippen MR) is 75.5 cm³/mol. The van der Waals surface area contributed by atoms with Gasteiger partial charge in [0.25, 0.3) is 0 Å². The third-order valence-corrected chi connectivity index (χ3v) is 3.38. The van der Waals surface area contributed by atoms with E-state index in [2.05, 4.69) is 13.8 Å². The number of hydrogen-bond acceptors (Lipinski definition) is 0. The van der Waals surface area contributed by atoms with Crippen molar-refractivity contribution >= 4 is 11.6 Å². The molecule has 0 aromatic heterocycles. The highest BCUT2D eigenvalue weighted by Gasteiger charge is 2.07. The lowest BCUT2D eigenvalue weighted by Crippen LogP contribution is -1.90. The van der Waals surface area contributed by atoms with E-state index >= 15 is 0 Å². The topological polar surface area (TPSA) is 0 Å². The first-order valence-corrected chi connectivity index (χ1v) is 6.60. The number of alkyl halides is 1. The Balaban J connectivity index is 2.41. The Morgan fingerprint density at radius 2 is 1.72 bits per heavy atom. The normalized spacial score (nSPS) is 10.9. The zero-order chi connectivity index (χ0) is 13.1. The van der Waals surface area contributed by atoms with Gasteiger partial charge in [0.15, 0.2) is 0 Å². The van der Waals surface area contributed by atoms with Crippen LogP contribution < -0.4 is 0 Å². The van der Waals surface area contributed by atoms with E-state index in [1.54, 1.807) is 6.07 Å². The van der Waals surface area contributed by atoms with Gasteiger partial charge in [0.2, 0.25) is 0 Å². The molecular formula is C16H16ClF. The molecule has 0 aliphatic heterocycles. The van der Waals surface area contributed by atoms with Crippen LogP contribution in [0.4, 0.5) is 4.39 Å². The van der Waals surface area contributed by atoms with Crippen molar-refractivity contribution in [3.8, 4) is 11.1 Å². The van der Waals surface area contributed by atoms with Crippen LogP contribution in [0.1, 0.15) is 30.9 Å². The number of rotatable bonds is 3. The number of halogens is 2. The first-order chi connectivity index (χ1) is 8.61. The molecule has 0 unspecified atom stereocenters. The van der Waals surface area contributed by atoms with Crippen molar-refractivity contribution in [3.05, 3.63) is 59.4 Å². The molecule has 0 bridgehead atoms. The Morgan fingerprint density at radius 3 is 2.28 bits per heavy atom. The lowest BCUT2D eigenvalue weighted by atomic mass is 9.98. The van der Waals surface area contributed by atoms with Gasteiger partial charge < -0.3 is 0 Å². The van der Waals surface area contributed by atoms with E-state index in [-0.39, 0.29) is 5.82 Å². The Kier molecular flexibility index (Phi) is 4.03. The van der Waals surface area contributed by atoms with E-state index in [9.17, 15) is 4.39 Å². The average molecular weight is 263 g/mol. The predicted octanol–water partition coefficient (Wildman–Crippen LogP) is 5.35. The monoisotopic (exact) mass is 262 g/mol. The van der Waals surface area contributed by atoms with Crippen molar-refractivity contribution in [3.63, 3.8) is 0 Å². The molecule has 0 N–H and O–H groups in total. The van der Waals surface area contributed by atoms with Crippen molar-refractivity contribution in [2.45, 2.75) is 25.6 Å². The third-order valence-electron chi connectivity index (χ3n) is 3.07. The van der Waals surface area contributed by atoms with Gasteiger partial charge in [-0.15, -0.1) is 11.6 Å². The summed E-state index contributed by atoms with van der Waals surface area (Å²) < 4.78 is 13.8. The molecule has 0 radical (unpaired) electrons. The maximum atomic E-state index is 13.8. The van der Waals surface area contributed by atoms with Gasteiger partial charge in [-0.1, -0.05) is 44.2 Å². The maximum Gasteiger partial charge on any atom is 0.131 e. The fourth-order valence-corrected chi connectivity index (χ4v) is 2.09. The summed E-state index contributed by atoms with van der Waals surface area (Å²) in [5, 5.41) is 0. The molecule has 0 nitrogen and oxygen atoms in total. The SMILES string of the molecule is CC(C)c1ccc(-c2cc(CCl)ccc2F)cc1. The summed E-state index contributed by atoms with van der Waals surface area (Å²) in [7, 11) is 0. The van der Waals surface area contributed by atoms with Crippen molar-refractivity contribution in [1.29, 1.82) is 0 Å². The quantitative estimate of drug-likeness (QED) is 0.654. The van der Waals surface area contributed by atoms with Gasteiger partial charge in [-0.05, 0) is 34.7 Å². The molecule has 2 aromatic rings. The van der Waals surface area contributed by atoms with Crippen molar-refractivity contribution in [2.75, 3.05) is 0 Å². The summed E-state index contributed by atoms with van der Waals surface area (Å²) in [5.74, 6) is 0.677. The molecule has 0 atom stereocenters. The van der Waals surface area contributed by atoms with E-state index in [1.807, 2.05) is 30.3 Å². The van der Waals surface area contributed by atoms with Crippen molar-refractivity contribution in [2.24, 2.45) is 0 Å². The van der Waals surface area contributed by atoms with E-state index in [0.717, 1.165) is 11.1 Å². The molecule has 0 spiro atoms. The number of hydrogen-bond donors (Lipinski definition) is 0. The van der Waals surface area contributed by atoms with Crippen LogP contribution in [0.2, 0.25) is 0 Å². The molecule has 94 valence electrons. The second-order valence-electron chi connectivity index (χ2n) is 4.72. The summed E-state index contributed by atoms with van der Waals surface area (Å²) >= 11 is 5.78. The zero-order valence-electron chi connectivity index (χ0n) is 10.6. The lowest BCUT2D eigenvalue weighted by Gasteiger charge is -2.09. The van der Waals surface area contributed by atoms with Gasteiger partial charge in [-0.2, -0.15) is 0 Å². The van der Waals surface area contributed by atoms with Gasteiger partial charge in [-0.25, -0.2) is 4.39 Å². The average Bonchev–Trinajstić information content (AvgIpc) is 2.39. The van der Waals surface area contributed by atoms with Crippen LogP contribution in [0.5, 0.6) is 0 Å². The molecule has 0 saturated heterocycles. The van der Waals surface area contributed by atoms with E-state index in [0.29, 0.717) is 17.4 Å². The zero-order valence-corrected chi connectivity index (χ0v) is 11.3. The Morgan fingerprint density at radius 1 is 1.06 bits per heavy atom. The highest BCUT2D eigenvalue weighted by atomic mass is 35.5. The highest BCUT2D eigenvalue weighted by Crippen LogP contribution is 2.26. The van der Waals surface area contributed by atoms with Crippen LogP contribution >= 0.6 is 11.6 Å². The Bertz CT molecular complexity index is 529. The first-order valence-electron chi connectivity index (χ1n) is 6.06. The second kappa shape index (κ2) is 5.53. The van der Waals surface area contributed by atoms with Gasteiger partial charge in [0, 0.05) is 11.4 Å². The number of benzene rings is 2. The van der Waals surface area contributed by atoms with Gasteiger partial charge in [0.05, 0.1) is 0 Å². The van der Waals surface area contributed by atoms with E-state index < -0.39 is 0 Å². The second-order valence-corrected chi connectivity index (χ2v) is 4.99. The minimum atomic E-state index is -0.207. The van der Waals surface area contributed by atoms with Crippen LogP contribution in [-0.4, -0.2) is 0 Å². The third kappa shape index (κ3) is 2.73. The first kappa shape index (κ1) is 13.1. The fraction of sp³-hybridized carbons (Fsp3) is 0.250. The smallest absolute Gasteiger partial charge is 0.131 e. The molecule has 2 heteroatoms. The largest absolute Gasteiger partial charge is 0.206 e. The molecule has 2 rings (SSSR count). The summed E-state index contributed by atoms with van der Waals surface area (Å²) in [5.41, 5.74) is 3.70.